The van der Waals surface area contributed by atoms with Crippen LogP contribution in [0, 0.1) is 31.6 Å². The summed E-state index contributed by atoms with van der Waals surface area (Å²) in [5.41, 5.74) is 1.28. The molecule has 18 heavy (non-hydrogen) atoms. The van der Waals surface area contributed by atoms with Crippen LogP contribution < -0.4 is 23.6 Å². The Balaban J connectivity index is 0.00000162. The third-order valence-corrected chi connectivity index (χ3v) is 2.95. The van der Waals surface area contributed by atoms with Crippen LogP contribution in [-0.4, -0.2) is 26.1 Å². The van der Waals surface area contributed by atoms with Crippen molar-refractivity contribution in [3.63, 3.8) is 0 Å². The standard InChI is InChI=1S/C15H18NO.Li/c1-16(2)15(12-6-4-5-7-12)13-8-10-14(17-3)11-9-13;/h4-11,15H,1-3H3;/q;+1. The summed E-state index contributed by atoms with van der Waals surface area (Å²) in [6, 6.07) is 8.56. The molecule has 1 unspecified atom stereocenters. The molecule has 0 N–H and O–H groups in total. The molecule has 2 rings (SSSR count). The summed E-state index contributed by atoms with van der Waals surface area (Å²) in [5.74, 6) is 2.22. The predicted molar refractivity (Wildman–Crippen MR) is 69.9 cm³/mol. The monoisotopic (exact) mass is 235 g/mol. The van der Waals surface area contributed by atoms with Crippen molar-refractivity contribution in [2.45, 2.75) is 6.04 Å². The molecule has 5 radical (unpaired) electrons. The van der Waals surface area contributed by atoms with E-state index in [2.05, 4.69) is 56.8 Å². The van der Waals surface area contributed by atoms with Crippen molar-refractivity contribution in [2.75, 3.05) is 21.2 Å². The van der Waals surface area contributed by atoms with Crippen molar-refractivity contribution in [3.8, 4) is 5.75 Å². The van der Waals surface area contributed by atoms with Crippen LogP contribution >= 0.6 is 0 Å². The zero-order chi connectivity index (χ0) is 12.3. The van der Waals surface area contributed by atoms with Crippen LogP contribution in [0.1, 0.15) is 11.6 Å². The van der Waals surface area contributed by atoms with Crippen LogP contribution in [0.15, 0.2) is 24.3 Å². The van der Waals surface area contributed by atoms with Gasteiger partial charge in [0, 0.05) is 12.0 Å². The zero-order valence-corrected chi connectivity index (χ0v) is 11.6. The number of rotatable bonds is 4. The molecular formula is C15H18LiNO+. The Kier molecular flexibility index (Phi) is 6.29. The maximum atomic E-state index is 5.19. The molecule has 3 heteroatoms. The van der Waals surface area contributed by atoms with Gasteiger partial charge in [0.05, 0.1) is 7.11 Å². The minimum atomic E-state index is 0. The van der Waals surface area contributed by atoms with E-state index in [1.807, 2.05) is 12.1 Å². The van der Waals surface area contributed by atoms with Gasteiger partial charge < -0.3 is 9.64 Å². The molecule has 0 heterocycles. The number of hydrogen-bond acceptors (Lipinski definition) is 2. The fraction of sp³-hybridized carbons (Fsp3) is 0.267. The van der Waals surface area contributed by atoms with Crippen molar-refractivity contribution in [1.29, 1.82) is 0 Å². The minimum Gasteiger partial charge on any atom is -0.497 e. The molecule has 1 saturated carbocycles. The zero-order valence-electron chi connectivity index (χ0n) is 11.6. The Hall–Kier alpha value is -0.423. The fourth-order valence-corrected chi connectivity index (χ4v) is 2.15. The number of hydrogen-bond donors (Lipinski definition) is 0. The van der Waals surface area contributed by atoms with Crippen LogP contribution in [0.2, 0.25) is 0 Å². The summed E-state index contributed by atoms with van der Waals surface area (Å²) in [6.07, 6.45) is 8.48. The topological polar surface area (TPSA) is 12.5 Å². The molecule has 1 aromatic rings. The molecule has 0 spiro atoms. The first-order valence-corrected chi connectivity index (χ1v) is 5.74. The molecule has 1 aromatic carbocycles. The Morgan fingerprint density at radius 3 is 2.00 bits per heavy atom. The van der Waals surface area contributed by atoms with E-state index in [0.29, 0.717) is 6.04 Å². The predicted octanol–water partition coefficient (Wildman–Crippen LogP) is -0.293. The maximum Gasteiger partial charge on any atom is 1.00 e. The maximum absolute atomic E-state index is 5.19. The van der Waals surface area contributed by atoms with Gasteiger partial charge >= 0.3 is 18.9 Å². The first-order chi connectivity index (χ1) is 8.22. The number of methoxy groups -OCH3 is 1. The molecule has 0 aliphatic heterocycles. The largest absolute Gasteiger partial charge is 1.00 e. The van der Waals surface area contributed by atoms with Gasteiger partial charge in [0.25, 0.3) is 0 Å². The Labute approximate surface area is 123 Å². The molecule has 0 aromatic heterocycles. The second-order valence-electron chi connectivity index (χ2n) is 4.36. The van der Waals surface area contributed by atoms with Gasteiger partial charge in [0.2, 0.25) is 0 Å². The summed E-state index contributed by atoms with van der Waals surface area (Å²) < 4.78 is 5.19. The normalized spacial score (nSPS) is 17.6. The van der Waals surface area contributed by atoms with Gasteiger partial charge in [-0.15, -0.1) is 0 Å². The van der Waals surface area contributed by atoms with E-state index in [9.17, 15) is 0 Å². The smallest absolute Gasteiger partial charge is 0.497 e. The Bertz CT molecular complexity index is 344. The summed E-state index contributed by atoms with van der Waals surface area (Å²) in [7, 11) is 5.89. The first-order valence-electron chi connectivity index (χ1n) is 5.74. The first kappa shape index (κ1) is 15.6. The van der Waals surface area contributed by atoms with Crippen molar-refractivity contribution in [3.05, 3.63) is 61.4 Å². The molecule has 89 valence electrons. The van der Waals surface area contributed by atoms with Crippen LogP contribution in [0.5, 0.6) is 5.75 Å². The fourth-order valence-electron chi connectivity index (χ4n) is 2.15. The summed E-state index contributed by atoms with van der Waals surface area (Å²) in [4.78, 5) is 2.22. The molecule has 1 fully saturated rings. The van der Waals surface area contributed by atoms with Crippen molar-refractivity contribution in [2.24, 2.45) is 0 Å². The summed E-state index contributed by atoms with van der Waals surface area (Å²) in [5, 5.41) is 0. The third-order valence-electron chi connectivity index (χ3n) is 2.95. The number of nitrogens with zero attached hydrogens (tertiary/aromatic N) is 1. The van der Waals surface area contributed by atoms with Crippen molar-refractivity contribution >= 4 is 0 Å². The Morgan fingerprint density at radius 2 is 1.56 bits per heavy atom. The average Bonchev–Trinajstić information content (AvgIpc) is 2.83. The van der Waals surface area contributed by atoms with E-state index in [-0.39, 0.29) is 18.9 Å². The van der Waals surface area contributed by atoms with Gasteiger partial charge in [-0.1, -0.05) is 12.1 Å². The van der Waals surface area contributed by atoms with Gasteiger partial charge in [-0.3, -0.25) is 0 Å². The van der Waals surface area contributed by atoms with Gasteiger partial charge in [-0.05, 0) is 57.5 Å². The van der Waals surface area contributed by atoms with E-state index in [1.54, 1.807) is 7.11 Å². The molecule has 1 aliphatic rings. The molecule has 0 bridgehead atoms. The SMILES string of the molecule is COc1ccc(C([C]2[CH][CH][CH][CH]2)N(C)C)cc1.[Li+]. The van der Waals surface area contributed by atoms with E-state index >= 15 is 0 Å². The van der Waals surface area contributed by atoms with E-state index in [4.69, 9.17) is 4.74 Å². The quantitative estimate of drug-likeness (QED) is 0.665. The van der Waals surface area contributed by atoms with E-state index in [0.717, 1.165) is 5.75 Å². The van der Waals surface area contributed by atoms with Gasteiger partial charge in [-0.25, -0.2) is 0 Å². The van der Waals surface area contributed by atoms with Crippen LogP contribution in [0.25, 0.3) is 0 Å². The molecule has 2 nitrogen and oxygen atoms in total. The van der Waals surface area contributed by atoms with E-state index in [1.165, 1.54) is 11.5 Å². The summed E-state index contributed by atoms with van der Waals surface area (Å²) in [6.45, 7) is 0. The van der Waals surface area contributed by atoms with Gasteiger partial charge in [0.15, 0.2) is 0 Å². The molecule has 1 atom stereocenters. The molecule has 1 aliphatic carbocycles. The van der Waals surface area contributed by atoms with Crippen molar-refractivity contribution < 1.29 is 23.6 Å². The van der Waals surface area contributed by atoms with Gasteiger partial charge in [-0.2, -0.15) is 0 Å². The number of benzene rings is 1. The molecular weight excluding hydrogens is 217 g/mol. The molecule has 0 amide bonds. The van der Waals surface area contributed by atoms with E-state index < -0.39 is 0 Å². The van der Waals surface area contributed by atoms with Gasteiger partial charge in [0.1, 0.15) is 5.75 Å². The average molecular weight is 235 g/mol. The second-order valence-corrected chi connectivity index (χ2v) is 4.36. The van der Waals surface area contributed by atoms with Crippen LogP contribution in [0.3, 0.4) is 0 Å². The number of ether oxygens (including phenoxy) is 1. The second kappa shape index (κ2) is 7.24. The minimum absolute atomic E-state index is 0. The van der Waals surface area contributed by atoms with Crippen LogP contribution in [0.4, 0.5) is 0 Å². The Morgan fingerprint density at radius 1 is 1.00 bits per heavy atom. The van der Waals surface area contributed by atoms with Crippen LogP contribution in [-0.2, 0) is 0 Å². The van der Waals surface area contributed by atoms with Crippen molar-refractivity contribution in [1.82, 2.24) is 4.90 Å². The third kappa shape index (κ3) is 3.54. The summed E-state index contributed by atoms with van der Waals surface area (Å²) >= 11 is 0. The molecule has 0 saturated heterocycles.